The Morgan fingerprint density at radius 1 is 1.56 bits per heavy atom. The number of anilines is 1. The van der Waals surface area contributed by atoms with E-state index >= 15 is 0 Å². The van der Waals surface area contributed by atoms with Gasteiger partial charge in [-0.15, -0.1) is 11.6 Å². The predicted molar refractivity (Wildman–Crippen MR) is 66.0 cm³/mol. The summed E-state index contributed by atoms with van der Waals surface area (Å²) < 4.78 is 18.7. The maximum Gasteiger partial charge on any atom is 0.147 e. The van der Waals surface area contributed by atoms with Crippen LogP contribution in [0.25, 0.3) is 5.32 Å². The number of hydrazone groups is 1. The number of amidine groups is 1. The Morgan fingerprint density at radius 3 is 2.94 bits per heavy atom. The van der Waals surface area contributed by atoms with Crippen LogP contribution in [0.3, 0.4) is 0 Å². The number of ether oxygens (including phenoxy) is 1. The molecule has 0 aliphatic carbocycles. The third-order valence-electron chi connectivity index (χ3n) is 2.39. The number of rotatable bonds is 2. The van der Waals surface area contributed by atoms with Crippen molar-refractivity contribution >= 4 is 23.3 Å². The molecular formula is C11H12ClFN3OPt-. The maximum absolute atomic E-state index is 13.8. The standard InChI is InChI=1S/C11H12ClFN3O.Pt/c1-17-11-14-4-5-16(15-11)10-3-2-8(7-12)6-9(10)13;/h2-3,6H,4-5,7H2,1H3;/q-1;. The Morgan fingerprint density at radius 2 is 2.33 bits per heavy atom. The van der Waals surface area contributed by atoms with Gasteiger partial charge in [0.05, 0.1) is 12.8 Å². The number of hydrogen-bond acceptors (Lipinski definition) is 3. The summed E-state index contributed by atoms with van der Waals surface area (Å²) in [5.41, 5.74) is 1.15. The van der Waals surface area contributed by atoms with Crippen LogP contribution in [0.4, 0.5) is 10.1 Å². The third kappa shape index (κ3) is 3.36. The van der Waals surface area contributed by atoms with Gasteiger partial charge >= 0.3 is 0 Å². The molecule has 102 valence electrons. The van der Waals surface area contributed by atoms with Crippen molar-refractivity contribution in [3.8, 4) is 0 Å². The monoisotopic (exact) mass is 451 g/mol. The zero-order valence-corrected chi connectivity index (χ0v) is 12.7. The van der Waals surface area contributed by atoms with Crippen LogP contribution in [0.15, 0.2) is 23.3 Å². The smallest absolute Gasteiger partial charge is 0.147 e. The van der Waals surface area contributed by atoms with Gasteiger partial charge in [-0.1, -0.05) is 6.07 Å². The molecule has 0 saturated carbocycles. The summed E-state index contributed by atoms with van der Waals surface area (Å²) in [4.78, 5) is 0. The second-order valence-electron chi connectivity index (χ2n) is 3.51. The molecule has 2 rings (SSSR count). The van der Waals surface area contributed by atoms with Crippen molar-refractivity contribution in [2.24, 2.45) is 5.10 Å². The fraction of sp³-hybridized carbons (Fsp3) is 0.364. The molecule has 0 bridgehead atoms. The molecule has 0 unspecified atom stereocenters. The van der Waals surface area contributed by atoms with Crippen LogP contribution in [0.5, 0.6) is 0 Å². The molecule has 1 aromatic carbocycles. The largest absolute Gasteiger partial charge is 0.503 e. The number of alkyl halides is 1. The second-order valence-corrected chi connectivity index (χ2v) is 3.78. The molecule has 1 aliphatic heterocycles. The summed E-state index contributed by atoms with van der Waals surface area (Å²) in [5.74, 6) is -0.0525. The van der Waals surface area contributed by atoms with E-state index in [4.69, 9.17) is 16.3 Å². The van der Waals surface area contributed by atoms with Crippen molar-refractivity contribution < 1.29 is 30.2 Å². The molecule has 7 heteroatoms. The van der Waals surface area contributed by atoms with Gasteiger partial charge in [0.25, 0.3) is 0 Å². The van der Waals surface area contributed by atoms with Gasteiger partial charge in [-0.3, -0.25) is 0 Å². The summed E-state index contributed by atoms with van der Waals surface area (Å²) in [6.45, 7) is 1.06. The second kappa shape index (κ2) is 6.95. The third-order valence-corrected chi connectivity index (χ3v) is 2.70. The van der Waals surface area contributed by atoms with Gasteiger partial charge in [0.1, 0.15) is 11.8 Å². The van der Waals surface area contributed by atoms with Gasteiger partial charge < -0.3 is 20.2 Å². The van der Waals surface area contributed by atoms with Crippen molar-refractivity contribution in [1.29, 1.82) is 0 Å². The molecular weight excluding hydrogens is 440 g/mol. The minimum Gasteiger partial charge on any atom is -0.503 e. The first-order valence-electron chi connectivity index (χ1n) is 5.16. The molecule has 1 aliphatic rings. The Kier molecular flexibility index (Phi) is 5.89. The van der Waals surface area contributed by atoms with Crippen LogP contribution in [-0.4, -0.2) is 26.2 Å². The molecule has 0 fully saturated rings. The number of halogens is 2. The van der Waals surface area contributed by atoms with Crippen molar-refractivity contribution in [2.45, 2.75) is 5.88 Å². The first-order chi connectivity index (χ1) is 8.24. The summed E-state index contributed by atoms with van der Waals surface area (Å²) in [7, 11) is 1.48. The summed E-state index contributed by atoms with van der Waals surface area (Å²) in [5, 5.41) is 9.65. The molecule has 0 saturated heterocycles. The van der Waals surface area contributed by atoms with E-state index in [1.807, 2.05) is 0 Å². The van der Waals surface area contributed by atoms with Gasteiger partial charge in [-0.25, -0.2) is 4.39 Å². The predicted octanol–water partition coefficient (Wildman–Crippen LogP) is 2.67. The molecule has 0 aromatic heterocycles. The first-order valence-corrected chi connectivity index (χ1v) is 5.70. The van der Waals surface area contributed by atoms with E-state index in [0.29, 0.717) is 24.7 Å². The maximum atomic E-state index is 13.8. The van der Waals surface area contributed by atoms with Crippen molar-refractivity contribution in [2.75, 3.05) is 25.2 Å². The average Bonchev–Trinajstić information content (AvgIpc) is 2.38. The Hall–Kier alpha value is -0.802. The number of benzene rings is 1. The molecule has 18 heavy (non-hydrogen) atoms. The quantitative estimate of drug-likeness (QED) is 0.649. The minimum atomic E-state index is -0.343. The van der Waals surface area contributed by atoms with Crippen molar-refractivity contribution in [3.05, 3.63) is 34.9 Å². The summed E-state index contributed by atoms with van der Waals surface area (Å²) in [6, 6.07) is 5.11. The molecule has 0 radical (unpaired) electrons. The Balaban J connectivity index is 0.00000162. The summed E-state index contributed by atoms with van der Waals surface area (Å²) >= 11 is 5.64. The van der Waals surface area contributed by atoms with E-state index in [2.05, 4.69) is 10.4 Å². The topological polar surface area (TPSA) is 38.9 Å². The zero-order chi connectivity index (χ0) is 12.3. The van der Waals surface area contributed by atoms with E-state index in [0.717, 1.165) is 5.56 Å². The summed E-state index contributed by atoms with van der Waals surface area (Å²) in [6.07, 6.45) is 0. The van der Waals surface area contributed by atoms with Gasteiger partial charge in [-0.2, -0.15) is 0 Å². The number of methoxy groups -OCH3 is 1. The molecule has 1 heterocycles. The van der Waals surface area contributed by atoms with Gasteiger partial charge in [0.15, 0.2) is 0 Å². The van der Waals surface area contributed by atoms with Gasteiger partial charge in [-0.05, 0) is 24.2 Å². The number of hydrogen-bond donors (Lipinski definition) is 0. The normalized spacial score (nSPS) is 14.4. The van der Waals surface area contributed by atoms with E-state index < -0.39 is 0 Å². The average molecular weight is 452 g/mol. The van der Waals surface area contributed by atoms with Gasteiger partial charge in [0.2, 0.25) is 0 Å². The van der Waals surface area contributed by atoms with E-state index in [9.17, 15) is 4.39 Å². The van der Waals surface area contributed by atoms with Crippen LogP contribution >= 0.6 is 11.6 Å². The van der Waals surface area contributed by atoms with Crippen LogP contribution in [0.2, 0.25) is 0 Å². The Bertz CT molecular complexity index is 444. The fourth-order valence-electron chi connectivity index (χ4n) is 1.55. The van der Waals surface area contributed by atoms with Crippen LogP contribution in [0, 0.1) is 5.82 Å². The van der Waals surface area contributed by atoms with Crippen LogP contribution in [-0.2, 0) is 31.7 Å². The van der Waals surface area contributed by atoms with Crippen molar-refractivity contribution in [1.82, 2.24) is 0 Å². The van der Waals surface area contributed by atoms with E-state index in [1.165, 1.54) is 13.2 Å². The molecule has 0 atom stereocenters. The minimum absolute atomic E-state index is 0. The molecule has 0 amide bonds. The molecule has 0 spiro atoms. The van der Waals surface area contributed by atoms with Crippen LogP contribution in [0.1, 0.15) is 5.56 Å². The van der Waals surface area contributed by atoms with Crippen LogP contribution < -0.4 is 5.01 Å². The van der Waals surface area contributed by atoms with Crippen molar-refractivity contribution in [3.63, 3.8) is 0 Å². The SMILES string of the molecule is COC1=NN(c2ccc(CCl)cc2F)CC[N-]1.[Pt]. The fourth-order valence-corrected chi connectivity index (χ4v) is 1.71. The molecule has 4 nitrogen and oxygen atoms in total. The van der Waals surface area contributed by atoms with E-state index in [1.54, 1.807) is 17.1 Å². The first kappa shape index (κ1) is 15.3. The zero-order valence-electron chi connectivity index (χ0n) is 9.68. The Labute approximate surface area is 124 Å². The number of nitrogens with zero attached hydrogens (tertiary/aromatic N) is 3. The van der Waals surface area contributed by atoms with E-state index in [-0.39, 0.29) is 32.9 Å². The molecule has 1 aromatic rings. The molecule has 0 N–H and O–H groups in total. The van der Waals surface area contributed by atoms with Gasteiger partial charge in [0, 0.05) is 33.5 Å².